The molecular weight excluding hydrogens is 380 g/mol. The first kappa shape index (κ1) is 22.6. The summed E-state index contributed by atoms with van der Waals surface area (Å²) in [6.07, 6.45) is 1.70. The Balaban J connectivity index is 1.59. The zero-order chi connectivity index (χ0) is 21.9. The summed E-state index contributed by atoms with van der Waals surface area (Å²) in [6.45, 7) is 13.2. The molecule has 0 aromatic heterocycles. The Morgan fingerprint density at radius 1 is 1.07 bits per heavy atom. The molecule has 6 heteroatoms. The van der Waals surface area contributed by atoms with Crippen molar-refractivity contribution in [3.63, 3.8) is 0 Å². The predicted molar refractivity (Wildman–Crippen MR) is 116 cm³/mol. The molecule has 2 heterocycles. The van der Waals surface area contributed by atoms with Crippen LogP contribution in [0, 0.1) is 11.3 Å². The van der Waals surface area contributed by atoms with Crippen LogP contribution in [0.25, 0.3) is 0 Å². The van der Waals surface area contributed by atoms with Crippen molar-refractivity contribution in [1.82, 2.24) is 9.80 Å². The van der Waals surface area contributed by atoms with Crippen LogP contribution in [-0.2, 0) is 20.9 Å². The van der Waals surface area contributed by atoms with Gasteiger partial charge in [0.1, 0.15) is 18.2 Å². The highest BCUT2D eigenvalue weighted by atomic mass is 16.6. The van der Waals surface area contributed by atoms with E-state index in [1.807, 2.05) is 56.0 Å². The standard InChI is InChI=1S/C24H36N2O4/c1-18(2)20(21(27)29-15-19-9-7-6-8-10-19)25-13-11-24(16-25)12-14-26(17-24)22(28)30-23(3,4)5/h6-10,18,20H,11-17H2,1-5H3/t20-,24?/m0/s1. The second kappa shape index (κ2) is 8.96. The lowest BCUT2D eigenvalue weighted by molar-refractivity contribution is -0.153. The fourth-order valence-electron chi connectivity index (χ4n) is 4.61. The van der Waals surface area contributed by atoms with Gasteiger partial charge in [-0.1, -0.05) is 44.2 Å². The number of esters is 1. The van der Waals surface area contributed by atoms with Gasteiger partial charge in [-0.2, -0.15) is 0 Å². The molecule has 1 unspecified atom stereocenters. The summed E-state index contributed by atoms with van der Waals surface area (Å²) in [5.41, 5.74) is 0.554. The Kier molecular flexibility index (Phi) is 6.75. The summed E-state index contributed by atoms with van der Waals surface area (Å²) in [6, 6.07) is 9.52. The molecule has 6 nitrogen and oxygen atoms in total. The molecule has 1 aromatic rings. The van der Waals surface area contributed by atoms with E-state index in [9.17, 15) is 9.59 Å². The zero-order valence-electron chi connectivity index (χ0n) is 19.0. The van der Waals surface area contributed by atoms with Crippen LogP contribution in [0.3, 0.4) is 0 Å². The van der Waals surface area contributed by atoms with E-state index in [2.05, 4.69) is 18.7 Å². The highest BCUT2D eigenvalue weighted by Gasteiger charge is 2.48. The molecule has 2 atom stereocenters. The Morgan fingerprint density at radius 2 is 1.73 bits per heavy atom. The third-order valence-corrected chi connectivity index (χ3v) is 6.05. The van der Waals surface area contributed by atoms with Crippen molar-refractivity contribution in [3.8, 4) is 0 Å². The van der Waals surface area contributed by atoms with Crippen molar-refractivity contribution in [1.29, 1.82) is 0 Å². The number of carbonyl (C=O) groups excluding carboxylic acids is 2. The second-order valence-electron chi connectivity index (χ2n) is 10.2. The Bertz CT molecular complexity index is 743. The van der Waals surface area contributed by atoms with Gasteiger partial charge in [-0.05, 0) is 51.6 Å². The highest BCUT2D eigenvalue weighted by molar-refractivity contribution is 5.76. The van der Waals surface area contributed by atoms with Crippen LogP contribution in [0.4, 0.5) is 4.79 Å². The van der Waals surface area contributed by atoms with Crippen LogP contribution >= 0.6 is 0 Å². The molecule has 2 aliphatic rings. The van der Waals surface area contributed by atoms with Crippen LogP contribution < -0.4 is 0 Å². The minimum atomic E-state index is -0.486. The van der Waals surface area contributed by atoms with Crippen molar-refractivity contribution in [3.05, 3.63) is 35.9 Å². The van der Waals surface area contributed by atoms with Gasteiger partial charge < -0.3 is 14.4 Å². The highest BCUT2D eigenvalue weighted by Crippen LogP contribution is 2.41. The molecule has 1 spiro atoms. The van der Waals surface area contributed by atoms with Gasteiger partial charge in [0.25, 0.3) is 0 Å². The zero-order valence-corrected chi connectivity index (χ0v) is 19.0. The average molecular weight is 417 g/mol. The number of benzene rings is 1. The van der Waals surface area contributed by atoms with Crippen molar-refractivity contribution in [2.24, 2.45) is 11.3 Å². The van der Waals surface area contributed by atoms with E-state index in [1.165, 1.54) is 0 Å². The molecule has 0 N–H and O–H groups in total. The summed E-state index contributed by atoms with van der Waals surface area (Å²) in [7, 11) is 0. The first-order chi connectivity index (χ1) is 14.1. The smallest absolute Gasteiger partial charge is 0.410 e. The molecule has 0 saturated carbocycles. The van der Waals surface area contributed by atoms with Gasteiger partial charge in [0.15, 0.2) is 0 Å². The molecule has 2 saturated heterocycles. The third kappa shape index (κ3) is 5.54. The normalized spacial score (nSPS) is 23.2. The molecule has 2 fully saturated rings. The van der Waals surface area contributed by atoms with Gasteiger partial charge >= 0.3 is 12.1 Å². The lowest BCUT2D eigenvalue weighted by atomic mass is 9.86. The van der Waals surface area contributed by atoms with E-state index in [0.29, 0.717) is 19.7 Å². The van der Waals surface area contributed by atoms with E-state index in [4.69, 9.17) is 9.47 Å². The van der Waals surface area contributed by atoms with E-state index in [1.54, 1.807) is 0 Å². The number of carbonyl (C=O) groups is 2. The van der Waals surface area contributed by atoms with Gasteiger partial charge in [0.05, 0.1) is 0 Å². The Morgan fingerprint density at radius 3 is 2.37 bits per heavy atom. The van der Waals surface area contributed by atoms with Crippen LogP contribution in [0.2, 0.25) is 0 Å². The van der Waals surface area contributed by atoms with Crippen molar-refractivity contribution >= 4 is 12.1 Å². The summed E-state index contributed by atoms with van der Waals surface area (Å²) in [5.74, 6) is -0.000293. The van der Waals surface area contributed by atoms with Crippen molar-refractivity contribution in [2.45, 2.75) is 65.7 Å². The van der Waals surface area contributed by atoms with E-state index < -0.39 is 5.60 Å². The minimum Gasteiger partial charge on any atom is -0.460 e. The fourth-order valence-corrected chi connectivity index (χ4v) is 4.61. The third-order valence-electron chi connectivity index (χ3n) is 6.05. The average Bonchev–Trinajstić information content (AvgIpc) is 3.27. The van der Waals surface area contributed by atoms with Crippen LogP contribution in [0.5, 0.6) is 0 Å². The number of amides is 1. The number of hydrogen-bond donors (Lipinski definition) is 0. The SMILES string of the molecule is CC(C)[C@@H](C(=O)OCc1ccccc1)N1CCC2(CCN(C(=O)OC(C)(C)C)C2)C1. The van der Waals surface area contributed by atoms with Gasteiger partial charge in [-0.15, -0.1) is 0 Å². The maximum absolute atomic E-state index is 12.9. The maximum Gasteiger partial charge on any atom is 0.410 e. The molecule has 166 valence electrons. The Hall–Kier alpha value is -2.08. The van der Waals surface area contributed by atoms with Gasteiger partial charge in [-0.25, -0.2) is 4.79 Å². The lowest BCUT2D eigenvalue weighted by Crippen LogP contribution is -2.45. The topological polar surface area (TPSA) is 59.1 Å². The van der Waals surface area contributed by atoms with Gasteiger partial charge in [-0.3, -0.25) is 9.69 Å². The molecule has 2 aliphatic heterocycles. The lowest BCUT2D eigenvalue weighted by Gasteiger charge is -2.31. The quantitative estimate of drug-likeness (QED) is 0.677. The number of likely N-dealkylation sites (tertiary alicyclic amines) is 2. The van der Waals surface area contributed by atoms with E-state index in [0.717, 1.165) is 31.5 Å². The van der Waals surface area contributed by atoms with Gasteiger partial charge in [0.2, 0.25) is 0 Å². The monoisotopic (exact) mass is 416 g/mol. The molecule has 0 bridgehead atoms. The van der Waals surface area contributed by atoms with Crippen LogP contribution in [-0.4, -0.2) is 59.7 Å². The molecule has 3 rings (SSSR count). The van der Waals surface area contributed by atoms with Crippen LogP contribution in [0.1, 0.15) is 53.0 Å². The first-order valence-corrected chi connectivity index (χ1v) is 11.0. The number of rotatable bonds is 5. The predicted octanol–water partition coefficient (Wildman–Crippen LogP) is 4.09. The summed E-state index contributed by atoms with van der Waals surface area (Å²) in [4.78, 5) is 29.5. The summed E-state index contributed by atoms with van der Waals surface area (Å²) < 4.78 is 11.2. The van der Waals surface area contributed by atoms with E-state index in [-0.39, 0.29) is 29.4 Å². The number of hydrogen-bond acceptors (Lipinski definition) is 5. The van der Waals surface area contributed by atoms with Crippen molar-refractivity contribution in [2.75, 3.05) is 26.2 Å². The minimum absolute atomic E-state index is 0.0454. The first-order valence-electron chi connectivity index (χ1n) is 11.0. The Labute approximate surface area is 180 Å². The molecule has 1 amide bonds. The van der Waals surface area contributed by atoms with Gasteiger partial charge in [0, 0.05) is 25.0 Å². The van der Waals surface area contributed by atoms with Crippen LogP contribution in [0.15, 0.2) is 30.3 Å². The summed E-state index contributed by atoms with van der Waals surface area (Å²) >= 11 is 0. The molecule has 0 radical (unpaired) electrons. The largest absolute Gasteiger partial charge is 0.460 e. The fraction of sp³-hybridized carbons (Fsp3) is 0.667. The number of nitrogens with zero attached hydrogens (tertiary/aromatic N) is 2. The number of ether oxygens (including phenoxy) is 2. The maximum atomic E-state index is 12.9. The molecule has 1 aromatic carbocycles. The van der Waals surface area contributed by atoms with E-state index >= 15 is 0 Å². The molecular formula is C24H36N2O4. The molecule has 30 heavy (non-hydrogen) atoms. The second-order valence-corrected chi connectivity index (χ2v) is 10.2. The molecule has 0 aliphatic carbocycles. The summed E-state index contributed by atoms with van der Waals surface area (Å²) in [5, 5.41) is 0. The van der Waals surface area contributed by atoms with Crippen molar-refractivity contribution < 1.29 is 19.1 Å².